The van der Waals surface area contributed by atoms with E-state index in [2.05, 4.69) is 4.98 Å². The highest BCUT2D eigenvalue weighted by Crippen LogP contribution is 2.15. The molecular weight excluding hydrogens is 162 g/mol. The molecule has 0 radical (unpaired) electrons. The maximum Gasteiger partial charge on any atom is 0.160 e. The molecule has 11 heavy (non-hydrogen) atoms. The third-order valence-corrected chi connectivity index (χ3v) is 2.36. The Hall–Kier alpha value is -0.740. The molecule has 3 nitrogen and oxygen atoms in total. The largest absolute Gasteiger partial charge is 0.306 e. The highest BCUT2D eigenvalue weighted by Gasteiger charge is 2.09. The summed E-state index contributed by atoms with van der Waals surface area (Å²) in [5.74, 6) is 0. The Morgan fingerprint density at radius 1 is 1.55 bits per heavy atom. The quantitative estimate of drug-likeness (QED) is 0.683. The van der Waals surface area contributed by atoms with Crippen LogP contribution in [0.1, 0.15) is 17.7 Å². The normalized spacial score (nSPS) is 15.8. The van der Waals surface area contributed by atoms with Crippen LogP contribution in [-0.2, 0) is 11.1 Å². The number of hydrogen-bond acceptors (Lipinski definition) is 2. The second kappa shape index (κ2) is 3.59. The van der Waals surface area contributed by atoms with E-state index in [-0.39, 0.29) is 5.25 Å². The monoisotopic (exact) mass is 171 g/mol. The fourth-order valence-corrected chi connectivity index (χ4v) is 1.14. The Balaban J connectivity index is 2.85. The maximum atomic E-state index is 10.6. The van der Waals surface area contributed by atoms with Crippen molar-refractivity contribution in [2.24, 2.45) is 0 Å². The van der Waals surface area contributed by atoms with Crippen molar-refractivity contribution in [3.63, 3.8) is 0 Å². The molecule has 0 aromatic carbocycles. The average Bonchev–Trinajstić information content (AvgIpc) is 2.05. The van der Waals surface area contributed by atoms with Gasteiger partial charge in [0.2, 0.25) is 0 Å². The van der Waals surface area contributed by atoms with Crippen LogP contribution < -0.4 is 0 Å². The van der Waals surface area contributed by atoms with E-state index in [0.717, 1.165) is 5.56 Å². The van der Waals surface area contributed by atoms with Crippen molar-refractivity contribution in [3.8, 4) is 0 Å². The first-order valence-corrected chi connectivity index (χ1v) is 4.38. The summed E-state index contributed by atoms with van der Waals surface area (Å²) in [6, 6.07) is 3.47. The van der Waals surface area contributed by atoms with E-state index in [0.29, 0.717) is 0 Å². The zero-order valence-corrected chi connectivity index (χ0v) is 6.91. The Morgan fingerprint density at radius 3 is 2.55 bits per heavy atom. The van der Waals surface area contributed by atoms with Crippen LogP contribution >= 0.6 is 0 Å². The fraction of sp³-hybridized carbons (Fsp3) is 0.286. The average molecular weight is 171 g/mol. The van der Waals surface area contributed by atoms with Gasteiger partial charge in [0.1, 0.15) is 0 Å². The summed E-state index contributed by atoms with van der Waals surface area (Å²) >= 11 is -1.79. The third kappa shape index (κ3) is 2.10. The summed E-state index contributed by atoms with van der Waals surface area (Å²) in [5.41, 5.74) is 0.834. The van der Waals surface area contributed by atoms with Gasteiger partial charge in [-0.05, 0) is 24.6 Å². The molecular formula is C7H9NO2S. The van der Waals surface area contributed by atoms with Crippen molar-refractivity contribution >= 4 is 11.1 Å². The van der Waals surface area contributed by atoms with E-state index in [1.807, 2.05) is 0 Å². The lowest BCUT2D eigenvalue weighted by Gasteiger charge is -2.04. The molecule has 0 aliphatic rings. The van der Waals surface area contributed by atoms with Crippen molar-refractivity contribution in [1.82, 2.24) is 4.98 Å². The predicted octanol–water partition coefficient (Wildman–Crippen LogP) is 1.36. The van der Waals surface area contributed by atoms with Gasteiger partial charge >= 0.3 is 0 Å². The molecule has 1 rings (SSSR count). The highest BCUT2D eigenvalue weighted by molar-refractivity contribution is 7.79. The van der Waals surface area contributed by atoms with Crippen LogP contribution in [0.4, 0.5) is 0 Å². The summed E-state index contributed by atoms with van der Waals surface area (Å²) < 4.78 is 19.3. The number of pyridine rings is 1. The third-order valence-electron chi connectivity index (χ3n) is 1.48. The molecule has 0 aliphatic carbocycles. The first-order valence-electron chi connectivity index (χ1n) is 3.21. The van der Waals surface area contributed by atoms with Crippen LogP contribution in [-0.4, -0.2) is 13.7 Å². The molecule has 1 aromatic rings. The smallest absolute Gasteiger partial charge is 0.160 e. The molecule has 0 bridgehead atoms. The van der Waals surface area contributed by atoms with Gasteiger partial charge in [0.15, 0.2) is 11.1 Å². The standard InChI is InChI=1S/C7H9NO2S/c1-6(11(9)10)7-2-4-8-5-3-7/h2-6H,1H3,(H,9,10). The Kier molecular flexibility index (Phi) is 2.73. The van der Waals surface area contributed by atoms with Crippen LogP contribution in [0.2, 0.25) is 0 Å². The molecule has 4 heteroatoms. The van der Waals surface area contributed by atoms with Crippen molar-refractivity contribution in [3.05, 3.63) is 30.1 Å². The Morgan fingerprint density at radius 2 is 2.09 bits per heavy atom. The van der Waals surface area contributed by atoms with Crippen molar-refractivity contribution < 1.29 is 8.76 Å². The minimum Gasteiger partial charge on any atom is -0.306 e. The van der Waals surface area contributed by atoms with Crippen molar-refractivity contribution in [1.29, 1.82) is 0 Å². The van der Waals surface area contributed by atoms with E-state index >= 15 is 0 Å². The molecule has 0 spiro atoms. The molecule has 0 saturated heterocycles. The number of rotatable bonds is 2. The lowest BCUT2D eigenvalue weighted by atomic mass is 10.2. The van der Waals surface area contributed by atoms with Crippen molar-refractivity contribution in [2.75, 3.05) is 0 Å². The molecule has 60 valence electrons. The van der Waals surface area contributed by atoms with Gasteiger partial charge in [-0.3, -0.25) is 4.98 Å². The van der Waals surface area contributed by atoms with Crippen LogP contribution in [0.15, 0.2) is 24.5 Å². The first-order chi connectivity index (χ1) is 5.22. The van der Waals surface area contributed by atoms with Crippen LogP contribution in [0.5, 0.6) is 0 Å². The van der Waals surface area contributed by atoms with Crippen LogP contribution in [0, 0.1) is 0 Å². The molecule has 1 aromatic heterocycles. The first kappa shape index (κ1) is 8.36. The zero-order chi connectivity index (χ0) is 8.27. The molecule has 1 heterocycles. The van der Waals surface area contributed by atoms with Crippen LogP contribution in [0.3, 0.4) is 0 Å². The van der Waals surface area contributed by atoms with E-state index in [1.165, 1.54) is 0 Å². The predicted molar refractivity (Wildman–Crippen MR) is 43.4 cm³/mol. The van der Waals surface area contributed by atoms with Gasteiger partial charge < -0.3 is 4.55 Å². The fourth-order valence-electron chi connectivity index (χ4n) is 0.751. The van der Waals surface area contributed by atoms with E-state index < -0.39 is 11.1 Å². The van der Waals surface area contributed by atoms with Gasteiger partial charge in [0.25, 0.3) is 0 Å². The van der Waals surface area contributed by atoms with Crippen LogP contribution in [0.25, 0.3) is 0 Å². The molecule has 0 saturated carbocycles. The van der Waals surface area contributed by atoms with Gasteiger partial charge in [-0.15, -0.1) is 0 Å². The minimum absolute atomic E-state index is 0.335. The lowest BCUT2D eigenvalue weighted by molar-refractivity contribution is 0.553. The Bertz CT molecular complexity index is 250. The SMILES string of the molecule is CC(c1ccncc1)S(=O)O. The molecule has 1 N–H and O–H groups in total. The van der Waals surface area contributed by atoms with E-state index in [1.54, 1.807) is 31.5 Å². The second-order valence-electron chi connectivity index (χ2n) is 2.20. The topological polar surface area (TPSA) is 50.2 Å². The molecule has 0 fully saturated rings. The number of aromatic nitrogens is 1. The summed E-state index contributed by atoms with van der Waals surface area (Å²) in [4.78, 5) is 3.81. The maximum absolute atomic E-state index is 10.6. The highest BCUT2D eigenvalue weighted by atomic mass is 32.2. The number of nitrogens with zero attached hydrogens (tertiary/aromatic N) is 1. The second-order valence-corrected chi connectivity index (χ2v) is 3.46. The van der Waals surface area contributed by atoms with Gasteiger partial charge in [0, 0.05) is 12.4 Å². The molecule has 0 aliphatic heterocycles. The summed E-state index contributed by atoms with van der Waals surface area (Å²) in [6.07, 6.45) is 3.22. The van der Waals surface area contributed by atoms with Gasteiger partial charge in [-0.1, -0.05) is 0 Å². The van der Waals surface area contributed by atoms with E-state index in [9.17, 15) is 4.21 Å². The molecule has 2 atom stereocenters. The molecule has 2 unspecified atom stereocenters. The molecule has 0 amide bonds. The van der Waals surface area contributed by atoms with Gasteiger partial charge in [-0.25, -0.2) is 4.21 Å². The summed E-state index contributed by atoms with van der Waals surface area (Å²) in [6.45, 7) is 1.70. The zero-order valence-electron chi connectivity index (χ0n) is 6.10. The van der Waals surface area contributed by atoms with Gasteiger partial charge in [-0.2, -0.15) is 0 Å². The van der Waals surface area contributed by atoms with Gasteiger partial charge in [0.05, 0.1) is 5.25 Å². The minimum atomic E-state index is -1.79. The summed E-state index contributed by atoms with van der Waals surface area (Å²) in [7, 11) is 0. The number of hydrogen-bond donors (Lipinski definition) is 1. The van der Waals surface area contributed by atoms with Crippen molar-refractivity contribution in [2.45, 2.75) is 12.2 Å². The van der Waals surface area contributed by atoms with E-state index in [4.69, 9.17) is 4.55 Å². The Labute approximate surface area is 67.8 Å². The summed E-state index contributed by atoms with van der Waals surface area (Å²) in [5, 5.41) is -0.335. The lowest BCUT2D eigenvalue weighted by Crippen LogP contribution is -2.00.